The lowest BCUT2D eigenvalue weighted by Crippen LogP contribution is -2.43. The lowest BCUT2D eigenvalue weighted by atomic mass is 10.2. The van der Waals surface area contributed by atoms with Crippen molar-refractivity contribution in [2.24, 2.45) is 5.92 Å². The van der Waals surface area contributed by atoms with Gasteiger partial charge in [-0.25, -0.2) is 16.8 Å². The topological polar surface area (TPSA) is 95.3 Å². The molecular formula is C15H20N2O4S2. The molecule has 2 rings (SSSR count). The highest BCUT2D eigenvalue weighted by Crippen LogP contribution is 2.26. The molecule has 1 fully saturated rings. The summed E-state index contributed by atoms with van der Waals surface area (Å²) in [5.74, 6) is -0.0658. The standard InChI is InChI=1S/C15H20N2O4S2/c1-12(2)10-17(14-6-7-22(18,19)11-14)23(20,21)15-5-3-4-13(8-15)9-16/h3-5,8,12,14H,6-7,10-11H2,1-2H3/t14-/m1/s1. The van der Waals surface area contributed by atoms with Crippen LogP contribution in [-0.2, 0) is 19.9 Å². The van der Waals surface area contributed by atoms with Crippen molar-refractivity contribution >= 4 is 19.9 Å². The van der Waals surface area contributed by atoms with E-state index in [4.69, 9.17) is 5.26 Å². The van der Waals surface area contributed by atoms with E-state index in [2.05, 4.69) is 0 Å². The third-order valence-corrected chi connectivity index (χ3v) is 7.40. The molecule has 1 heterocycles. The predicted molar refractivity (Wildman–Crippen MR) is 86.9 cm³/mol. The number of sulfone groups is 1. The van der Waals surface area contributed by atoms with Crippen molar-refractivity contribution in [1.82, 2.24) is 4.31 Å². The first-order valence-corrected chi connectivity index (χ1v) is 10.6. The number of benzene rings is 1. The predicted octanol–water partition coefficient (Wildman–Crippen LogP) is 1.39. The molecule has 0 aliphatic carbocycles. The van der Waals surface area contributed by atoms with Gasteiger partial charge in [-0.15, -0.1) is 0 Å². The van der Waals surface area contributed by atoms with E-state index in [9.17, 15) is 16.8 Å². The van der Waals surface area contributed by atoms with Gasteiger partial charge in [0.1, 0.15) is 0 Å². The van der Waals surface area contributed by atoms with Gasteiger partial charge in [-0.05, 0) is 30.5 Å². The fourth-order valence-corrected chi connectivity index (χ4v) is 6.36. The van der Waals surface area contributed by atoms with E-state index in [-0.39, 0.29) is 34.4 Å². The zero-order valence-electron chi connectivity index (χ0n) is 13.1. The quantitative estimate of drug-likeness (QED) is 0.794. The van der Waals surface area contributed by atoms with Crippen LogP contribution in [0.1, 0.15) is 25.8 Å². The molecule has 1 aliphatic heterocycles. The summed E-state index contributed by atoms with van der Waals surface area (Å²) in [5.41, 5.74) is 0.259. The van der Waals surface area contributed by atoms with Crippen LogP contribution in [0.15, 0.2) is 29.2 Å². The van der Waals surface area contributed by atoms with Crippen molar-refractivity contribution in [2.75, 3.05) is 18.1 Å². The van der Waals surface area contributed by atoms with Crippen molar-refractivity contribution in [3.05, 3.63) is 29.8 Å². The largest absolute Gasteiger partial charge is 0.243 e. The van der Waals surface area contributed by atoms with Gasteiger partial charge < -0.3 is 0 Å². The molecule has 0 amide bonds. The van der Waals surface area contributed by atoms with Crippen LogP contribution in [0.4, 0.5) is 0 Å². The molecular weight excluding hydrogens is 336 g/mol. The maximum Gasteiger partial charge on any atom is 0.243 e. The second kappa shape index (κ2) is 6.59. The van der Waals surface area contributed by atoms with Crippen molar-refractivity contribution in [2.45, 2.75) is 31.2 Å². The average Bonchev–Trinajstić information content (AvgIpc) is 2.84. The number of hydrogen-bond acceptors (Lipinski definition) is 5. The number of nitriles is 1. The van der Waals surface area contributed by atoms with Crippen LogP contribution in [0.3, 0.4) is 0 Å². The Morgan fingerprint density at radius 1 is 1.39 bits per heavy atom. The second-order valence-electron chi connectivity index (χ2n) is 6.17. The maximum atomic E-state index is 13.0. The summed E-state index contributed by atoms with van der Waals surface area (Å²) >= 11 is 0. The summed E-state index contributed by atoms with van der Waals surface area (Å²) in [6.45, 7) is 4.02. The Morgan fingerprint density at radius 3 is 2.61 bits per heavy atom. The third kappa shape index (κ3) is 4.10. The van der Waals surface area contributed by atoms with Crippen molar-refractivity contribution < 1.29 is 16.8 Å². The Hall–Kier alpha value is -1.43. The first-order valence-electron chi connectivity index (χ1n) is 7.38. The molecule has 0 saturated carbocycles. The van der Waals surface area contributed by atoms with Gasteiger partial charge in [0, 0.05) is 12.6 Å². The Labute approximate surface area is 137 Å². The van der Waals surface area contributed by atoms with Crippen LogP contribution < -0.4 is 0 Å². The molecule has 1 aromatic rings. The Morgan fingerprint density at radius 2 is 2.09 bits per heavy atom. The van der Waals surface area contributed by atoms with E-state index in [1.54, 1.807) is 0 Å². The second-order valence-corrected chi connectivity index (χ2v) is 10.3. The van der Waals surface area contributed by atoms with Gasteiger partial charge in [0.05, 0.1) is 28.0 Å². The average molecular weight is 356 g/mol. The molecule has 0 aromatic heterocycles. The van der Waals surface area contributed by atoms with E-state index < -0.39 is 25.9 Å². The maximum absolute atomic E-state index is 13.0. The van der Waals surface area contributed by atoms with E-state index in [0.717, 1.165) is 0 Å². The monoisotopic (exact) mass is 356 g/mol. The highest BCUT2D eigenvalue weighted by atomic mass is 32.2. The van der Waals surface area contributed by atoms with E-state index in [0.29, 0.717) is 6.42 Å². The van der Waals surface area contributed by atoms with Crippen LogP contribution in [0.2, 0.25) is 0 Å². The SMILES string of the molecule is CC(C)CN([C@@H]1CCS(=O)(=O)C1)S(=O)(=O)c1cccc(C#N)c1. The first-order chi connectivity index (χ1) is 10.7. The first kappa shape index (κ1) is 17.9. The molecule has 126 valence electrons. The summed E-state index contributed by atoms with van der Waals surface area (Å²) in [4.78, 5) is 0.0292. The summed E-state index contributed by atoms with van der Waals surface area (Å²) in [6.07, 6.45) is 0.312. The van der Waals surface area contributed by atoms with Crippen LogP contribution in [0, 0.1) is 17.2 Å². The molecule has 0 unspecified atom stereocenters. The van der Waals surface area contributed by atoms with Crippen molar-refractivity contribution in [3.63, 3.8) is 0 Å². The number of sulfonamides is 1. The van der Waals surface area contributed by atoms with Crippen molar-refractivity contribution in [3.8, 4) is 6.07 Å². The number of hydrogen-bond donors (Lipinski definition) is 0. The summed E-state index contributed by atoms with van der Waals surface area (Å²) in [7, 11) is -7.03. The van der Waals surface area contributed by atoms with Gasteiger partial charge in [-0.2, -0.15) is 9.57 Å². The number of rotatable bonds is 5. The minimum Gasteiger partial charge on any atom is -0.229 e. The summed E-state index contributed by atoms with van der Waals surface area (Å²) < 4.78 is 50.7. The molecule has 0 spiro atoms. The molecule has 23 heavy (non-hydrogen) atoms. The van der Waals surface area contributed by atoms with E-state index in [1.165, 1.54) is 28.6 Å². The fraction of sp³-hybridized carbons (Fsp3) is 0.533. The minimum absolute atomic E-state index is 0.0139. The fourth-order valence-electron chi connectivity index (χ4n) is 2.67. The van der Waals surface area contributed by atoms with Gasteiger partial charge in [-0.1, -0.05) is 19.9 Å². The molecule has 1 aliphatic rings. The lowest BCUT2D eigenvalue weighted by Gasteiger charge is -2.29. The van der Waals surface area contributed by atoms with Crippen LogP contribution in [0.5, 0.6) is 0 Å². The summed E-state index contributed by atoms with van der Waals surface area (Å²) in [6, 6.07) is 7.19. The Bertz CT molecular complexity index is 823. The highest BCUT2D eigenvalue weighted by Gasteiger charge is 2.39. The molecule has 1 atom stereocenters. The van der Waals surface area contributed by atoms with Crippen molar-refractivity contribution in [1.29, 1.82) is 5.26 Å². The molecule has 0 N–H and O–H groups in total. The Balaban J connectivity index is 2.43. The zero-order chi connectivity index (χ0) is 17.3. The molecule has 6 nitrogen and oxygen atoms in total. The Kier molecular flexibility index (Phi) is 5.14. The molecule has 0 radical (unpaired) electrons. The molecule has 8 heteroatoms. The van der Waals surface area contributed by atoms with E-state index in [1.807, 2.05) is 19.9 Å². The summed E-state index contributed by atoms with van der Waals surface area (Å²) in [5, 5.41) is 8.95. The molecule has 1 saturated heterocycles. The van der Waals surface area contributed by atoms with Crippen LogP contribution in [-0.4, -0.2) is 45.2 Å². The minimum atomic E-state index is -3.84. The number of nitrogens with zero attached hydrogens (tertiary/aromatic N) is 2. The molecule has 0 bridgehead atoms. The van der Waals surface area contributed by atoms with Gasteiger partial charge in [-0.3, -0.25) is 0 Å². The van der Waals surface area contributed by atoms with Crippen LogP contribution >= 0.6 is 0 Å². The van der Waals surface area contributed by atoms with Gasteiger partial charge >= 0.3 is 0 Å². The van der Waals surface area contributed by atoms with Crippen LogP contribution in [0.25, 0.3) is 0 Å². The lowest BCUT2D eigenvalue weighted by molar-refractivity contribution is 0.308. The van der Waals surface area contributed by atoms with E-state index >= 15 is 0 Å². The zero-order valence-corrected chi connectivity index (χ0v) is 14.8. The van der Waals surface area contributed by atoms with Gasteiger partial charge in [0.2, 0.25) is 10.0 Å². The molecule has 1 aromatic carbocycles. The smallest absolute Gasteiger partial charge is 0.229 e. The van der Waals surface area contributed by atoms with Gasteiger partial charge in [0.25, 0.3) is 0 Å². The third-order valence-electron chi connectivity index (χ3n) is 3.73. The normalized spacial score (nSPS) is 20.7. The van der Waals surface area contributed by atoms with Gasteiger partial charge in [0.15, 0.2) is 9.84 Å². The highest BCUT2D eigenvalue weighted by molar-refractivity contribution is 7.92.